The number of hydrogen-bond donors (Lipinski definition) is 2. The van der Waals surface area contributed by atoms with Crippen molar-refractivity contribution in [1.82, 2.24) is 10.2 Å². The van der Waals surface area contributed by atoms with Gasteiger partial charge in [-0.3, -0.25) is 0 Å². The van der Waals surface area contributed by atoms with Crippen LogP contribution in [0.2, 0.25) is 0 Å². The quantitative estimate of drug-likeness (QED) is 0.318. The van der Waals surface area contributed by atoms with E-state index in [2.05, 4.69) is 17.1 Å². The van der Waals surface area contributed by atoms with E-state index in [-0.39, 0.29) is 35.8 Å². The zero-order valence-corrected chi connectivity index (χ0v) is 20.5. The highest BCUT2D eigenvalue weighted by atomic mass is 127. The standard InChI is InChI=1S/C22H35N3O4.HI/c1-3-23-22(24-15-17-7-6-9-20(27-2)21(17)26)25-12-10-18(11-13-25)29-16-19-8-4-5-14-28-19;/h6-7,9,18-19,26H,3-5,8,10-16H2,1-2H3,(H,23,24);1H. The molecule has 0 saturated carbocycles. The highest BCUT2D eigenvalue weighted by molar-refractivity contribution is 14.0. The average molecular weight is 533 g/mol. The number of nitrogens with zero attached hydrogens (tertiary/aromatic N) is 2. The predicted molar refractivity (Wildman–Crippen MR) is 129 cm³/mol. The van der Waals surface area contributed by atoms with E-state index >= 15 is 0 Å². The molecule has 1 aromatic rings. The van der Waals surface area contributed by atoms with E-state index in [0.717, 1.165) is 57.0 Å². The Labute approximate surface area is 197 Å². The summed E-state index contributed by atoms with van der Waals surface area (Å²) >= 11 is 0. The Balaban J connectivity index is 0.00000320. The summed E-state index contributed by atoms with van der Waals surface area (Å²) in [6.07, 6.45) is 6.08. The van der Waals surface area contributed by atoms with Crippen molar-refractivity contribution >= 4 is 29.9 Å². The van der Waals surface area contributed by atoms with Crippen molar-refractivity contribution in [2.75, 3.05) is 40.0 Å². The van der Waals surface area contributed by atoms with Crippen molar-refractivity contribution in [2.45, 2.75) is 57.8 Å². The number of hydrogen-bond acceptors (Lipinski definition) is 5. The van der Waals surface area contributed by atoms with Gasteiger partial charge in [0.15, 0.2) is 17.5 Å². The maximum absolute atomic E-state index is 10.3. The number of benzene rings is 1. The number of rotatable bonds is 7. The Morgan fingerprint density at radius 3 is 2.73 bits per heavy atom. The molecule has 1 atom stereocenters. The molecule has 0 aliphatic carbocycles. The van der Waals surface area contributed by atoms with Crippen LogP contribution in [0.5, 0.6) is 11.5 Å². The number of phenols is 1. The van der Waals surface area contributed by atoms with Gasteiger partial charge in [-0.25, -0.2) is 4.99 Å². The molecule has 0 spiro atoms. The minimum absolute atomic E-state index is 0. The van der Waals surface area contributed by atoms with Crippen LogP contribution in [-0.2, 0) is 16.0 Å². The SMILES string of the molecule is CCNC(=NCc1cccc(OC)c1O)N1CCC(OCC2CCCCO2)CC1.I. The number of para-hydroxylation sites is 1. The van der Waals surface area contributed by atoms with Gasteiger partial charge in [0.25, 0.3) is 0 Å². The van der Waals surface area contributed by atoms with E-state index in [1.54, 1.807) is 13.2 Å². The van der Waals surface area contributed by atoms with Gasteiger partial charge in [0.05, 0.1) is 32.5 Å². The first-order chi connectivity index (χ1) is 14.2. The number of phenolic OH excluding ortho intramolecular Hbond substituents is 1. The van der Waals surface area contributed by atoms with Crippen molar-refractivity contribution in [3.63, 3.8) is 0 Å². The number of aliphatic imine (C=N–C) groups is 1. The number of piperidine rings is 1. The van der Waals surface area contributed by atoms with Crippen LogP contribution in [0.25, 0.3) is 0 Å². The zero-order valence-electron chi connectivity index (χ0n) is 18.1. The number of guanidine groups is 1. The number of methoxy groups -OCH3 is 1. The van der Waals surface area contributed by atoms with Crippen LogP contribution in [0.1, 0.15) is 44.6 Å². The molecule has 8 heteroatoms. The maximum Gasteiger partial charge on any atom is 0.194 e. The lowest BCUT2D eigenvalue weighted by Gasteiger charge is -2.35. The van der Waals surface area contributed by atoms with Gasteiger partial charge in [0.1, 0.15) is 0 Å². The molecule has 0 aromatic heterocycles. The van der Waals surface area contributed by atoms with E-state index in [9.17, 15) is 5.11 Å². The maximum atomic E-state index is 10.3. The molecule has 2 heterocycles. The number of likely N-dealkylation sites (tertiary alicyclic amines) is 1. The molecule has 0 radical (unpaired) electrons. The van der Waals surface area contributed by atoms with E-state index < -0.39 is 0 Å². The van der Waals surface area contributed by atoms with Gasteiger partial charge < -0.3 is 29.5 Å². The minimum atomic E-state index is 0. The summed E-state index contributed by atoms with van der Waals surface area (Å²) in [4.78, 5) is 7.02. The third kappa shape index (κ3) is 7.16. The highest BCUT2D eigenvalue weighted by Crippen LogP contribution is 2.29. The molecule has 3 rings (SSSR count). The summed E-state index contributed by atoms with van der Waals surface area (Å²) in [5, 5.41) is 13.7. The second kappa shape index (κ2) is 13.2. The Hall–Kier alpha value is -1.26. The van der Waals surface area contributed by atoms with Gasteiger partial charge in [0, 0.05) is 31.8 Å². The zero-order chi connectivity index (χ0) is 20.5. The lowest BCUT2D eigenvalue weighted by atomic mass is 10.1. The molecule has 1 aromatic carbocycles. The van der Waals surface area contributed by atoms with E-state index in [4.69, 9.17) is 19.2 Å². The van der Waals surface area contributed by atoms with Gasteiger partial charge in [-0.2, -0.15) is 0 Å². The van der Waals surface area contributed by atoms with Crippen molar-refractivity contribution < 1.29 is 19.3 Å². The number of ether oxygens (including phenoxy) is 3. The summed E-state index contributed by atoms with van der Waals surface area (Å²) in [6, 6.07) is 5.49. The van der Waals surface area contributed by atoms with Crippen LogP contribution in [-0.4, -0.2) is 68.1 Å². The summed E-state index contributed by atoms with van der Waals surface area (Å²) in [6.45, 7) is 6.68. The van der Waals surface area contributed by atoms with Gasteiger partial charge in [-0.05, 0) is 45.1 Å². The molecule has 0 amide bonds. The van der Waals surface area contributed by atoms with E-state index in [1.165, 1.54) is 12.8 Å². The Kier molecular flexibility index (Phi) is 11.0. The fourth-order valence-corrected chi connectivity index (χ4v) is 3.86. The lowest BCUT2D eigenvalue weighted by molar-refractivity contribution is -0.0721. The molecule has 2 saturated heterocycles. The molecular formula is C22H36IN3O4. The number of halogens is 1. The van der Waals surface area contributed by atoms with Crippen LogP contribution < -0.4 is 10.1 Å². The summed E-state index contributed by atoms with van der Waals surface area (Å²) < 4.78 is 17.1. The van der Waals surface area contributed by atoms with Crippen molar-refractivity contribution in [3.8, 4) is 11.5 Å². The first-order valence-electron chi connectivity index (χ1n) is 10.8. The molecule has 7 nitrogen and oxygen atoms in total. The second-order valence-corrected chi connectivity index (χ2v) is 7.65. The topological polar surface area (TPSA) is 75.6 Å². The smallest absolute Gasteiger partial charge is 0.194 e. The van der Waals surface area contributed by atoms with Crippen LogP contribution in [0.15, 0.2) is 23.2 Å². The second-order valence-electron chi connectivity index (χ2n) is 7.65. The van der Waals surface area contributed by atoms with Gasteiger partial charge in [-0.15, -0.1) is 24.0 Å². The Morgan fingerprint density at radius 2 is 2.07 bits per heavy atom. The summed E-state index contributed by atoms with van der Waals surface area (Å²) in [5.41, 5.74) is 0.755. The third-order valence-corrected chi connectivity index (χ3v) is 5.57. The molecule has 170 valence electrons. The van der Waals surface area contributed by atoms with Gasteiger partial charge in [0.2, 0.25) is 0 Å². The molecular weight excluding hydrogens is 497 g/mol. The van der Waals surface area contributed by atoms with Crippen molar-refractivity contribution in [1.29, 1.82) is 0 Å². The highest BCUT2D eigenvalue weighted by Gasteiger charge is 2.24. The molecule has 2 fully saturated rings. The fraction of sp³-hybridized carbons (Fsp3) is 0.682. The summed E-state index contributed by atoms with van der Waals surface area (Å²) in [5.74, 6) is 1.51. The molecule has 2 aliphatic rings. The van der Waals surface area contributed by atoms with E-state index in [1.807, 2.05) is 12.1 Å². The number of aromatic hydroxyl groups is 1. The van der Waals surface area contributed by atoms with Crippen LogP contribution in [0.4, 0.5) is 0 Å². The molecule has 1 unspecified atom stereocenters. The van der Waals surface area contributed by atoms with Crippen molar-refractivity contribution in [2.24, 2.45) is 4.99 Å². The predicted octanol–water partition coefficient (Wildman–Crippen LogP) is 3.53. The molecule has 0 bridgehead atoms. The van der Waals surface area contributed by atoms with Crippen molar-refractivity contribution in [3.05, 3.63) is 23.8 Å². The lowest BCUT2D eigenvalue weighted by Crippen LogP contribution is -2.47. The number of nitrogens with one attached hydrogen (secondary N) is 1. The minimum Gasteiger partial charge on any atom is -0.504 e. The van der Waals surface area contributed by atoms with Crippen LogP contribution in [0.3, 0.4) is 0 Å². The summed E-state index contributed by atoms with van der Waals surface area (Å²) in [7, 11) is 1.55. The first kappa shape index (κ1) is 25.0. The normalized spacial score (nSPS) is 20.5. The monoisotopic (exact) mass is 533 g/mol. The average Bonchev–Trinajstić information content (AvgIpc) is 2.77. The fourth-order valence-electron chi connectivity index (χ4n) is 3.86. The molecule has 2 N–H and O–H groups in total. The molecule has 30 heavy (non-hydrogen) atoms. The van der Waals surface area contributed by atoms with E-state index in [0.29, 0.717) is 25.0 Å². The third-order valence-electron chi connectivity index (χ3n) is 5.57. The van der Waals surface area contributed by atoms with Gasteiger partial charge in [-0.1, -0.05) is 12.1 Å². The first-order valence-corrected chi connectivity index (χ1v) is 10.8. The Morgan fingerprint density at radius 1 is 1.27 bits per heavy atom. The van der Waals surface area contributed by atoms with Crippen LogP contribution >= 0.6 is 24.0 Å². The van der Waals surface area contributed by atoms with Gasteiger partial charge >= 0.3 is 0 Å². The largest absolute Gasteiger partial charge is 0.504 e. The Bertz CT molecular complexity index is 660. The molecule has 2 aliphatic heterocycles. The van der Waals surface area contributed by atoms with Crippen LogP contribution in [0, 0.1) is 0 Å².